The summed E-state index contributed by atoms with van der Waals surface area (Å²) in [6, 6.07) is 51.2. The first kappa shape index (κ1) is 28.1. The minimum atomic E-state index is -0.0984. The molecule has 0 saturated heterocycles. The summed E-state index contributed by atoms with van der Waals surface area (Å²) >= 11 is 0. The fourth-order valence-corrected chi connectivity index (χ4v) is 11.4. The van der Waals surface area contributed by atoms with Crippen molar-refractivity contribution in [2.24, 2.45) is 5.92 Å². The highest BCUT2D eigenvalue weighted by Gasteiger charge is 2.58. The van der Waals surface area contributed by atoms with E-state index in [4.69, 9.17) is 0 Å². The summed E-state index contributed by atoms with van der Waals surface area (Å²) in [6.45, 7) is 0. The van der Waals surface area contributed by atoms with E-state index in [0.717, 1.165) is 0 Å². The zero-order valence-electron chi connectivity index (χ0n) is 28.5. The second-order valence-corrected chi connectivity index (χ2v) is 15.5. The van der Waals surface area contributed by atoms with Crippen LogP contribution in [0.1, 0.15) is 70.9 Å². The Bertz CT molecular complexity index is 2610. The summed E-state index contributed by atoms with van der Waals surface area (Å²) < 4.78 is 0. The number of anilines is 2. The average molecular weight is 655 g/mol. The van der Waals surface area contributed by atoms with Crippen LogP contribution in [-0.4, -0.2) is 11.0 Å². The van der Waals surface area contributed by atoms with Crippen molar-refractivity contribution in [1.82, 2.24) is 4.98 Å². The number of allylic oxidation sites excluding steroid dienone is 2. The van der Waals surface area contributed by atoms with Gasteiger partial charge in [0.05, 0.1) is 11.5 Å². The van der Waals surface area contributed by atoms with E-state index in [-0.39, 0.29) is 17.4 Å². The molecule has 1 spiro atoms. The van der Waals surface area contributed by atoms with E-state index in [1.807, 2.05) is 0 Å². The first-order chi connectivity index (χ1) is 25.3. The van der Waals surface area contributed by atoms with Crippen molar-refractivity contribution in [3.05, 3.63) is 185 Å². The molecule has 1 N–H and O–H groups in total. The maximum atomic E-state index is 3.60. The number of nitrogens with zero attached hydrogens (tertiary/aromatic N) is 1. The van der Waals surface area contributed by atoms with Crippen LogP contribution in [0.4, 0.5) is 11.4 Å². The van der Waals surface area contributed by atoms with Gasteiger partial charge in [-0.3, -0.25) is 0 Å². The lowest BCUT2D eigenvalue weighted by Crippen LogP contribution is -2.35. The summed E-state index contributed by atoms with van der Waals surface area (Å²) in [5.74, 6) is 1.47. The molecule has 51 heavy (non-hydrogen) atoms. The minimum absolute atomic E-state index is 0.0984. The first-order valence-electron chi connectivity index (χ1n) is 18.9. The maximum Gasteiger partial charge on any atom is 0.0630 e. The lowest BCUT2D eigenvalue weighted by atomic mass is 9.63. The van der Waals surface area contributed by atoms with Gasteiger partial charge in [0, 0.05) is 39.1 Å². The first-order valence-corrected chi connectivity index (χ1v) is 18.9. The monoisotopic (exact) mass is 654 g/mol. The molecule has 4 atom stereocenters. The largest absolute Gasteiger partial charge is 0.355 e. The van der Waals surface area contributed by atoms with E-state index in [2.05, 4.69) is 162 Å². The van der Waals surface area contributed by atoms with Gasteiger partial charge in [0.2, 0.25) is 0 Å². The molecular weight excluding hydrogens is 617 g/mol. The number of para-hydroxylation sites is 2. The predicted octanol–water partition coefficient (Wildman–Crippen LogP) is 12.2. The van der Waals surface area contributed by atoms with Crippen LogP contribution in [-0.2, 0) is 5.41 Å². The van der Waals surface area contributed by atoms with Crippen molar-refractivity contribution in [2.75, 3.05) is 4.90 Å². The van der Waals surface area contributed by atoms with Gasteiger partial charge in [0.15, 0.2) is 0 Å². The van der Waals surface area contributed by atoms with Crippen molar-refractivity contribution in [3.63, 3.8) is 0 Å². The normalized spacial score (nSPS) is 23.1. The van der Waals surface area contributed by atoms with Crippen LogP contribution in [0.25, 0.3) is 38.5 Å². The molecular formula is C49H38N2. The Balaban J connectivity index is 1.01. The van der Waals surface area contributed by atoms with Crippen molar-refractivity contribution in [1.29, 1.82) is 0 Å². The van der Waals surface area contributed by atoms with Crippen LogP contribution in [0, 0.1) is 5.92 Å². The summed E-state index contributed by atoms with van der Waals surface area (Å²) in [5, 5.41) is 2.57. The number of aromatic amines is 1. The van der Waals surface area contributed by atoms with Crippen LogP contribution in [0.5, 0.6) is 0 Å². The van der Waals surface area contributed by atoms with Gasteiger partial charge in [0.1, 0.15) is 0 Å². The smallest absolute Gasteiger partial charge is 0.0630 e. The molecule has 12 rings (SSSR count). The molecule has 1 fully saturated rings. The summed E-state index contributed by atoms with van der Waals surface area (Å²) in [4.78, 5) is 6.25. The fraction of sp³-hybridized carbons (Fsp3) is 0.184. The number of H-pyrrole nitrogens is 1. The van der Waals surface area contributed by atoms with Crippen molar-refractivity contribution < 1.29 is 0 Å². The van der Waals surface area contributed by atoms with Gasteiger partial charge in [-0.25, -0.2) is 0 Å². The number of fused-ring (bicyclic) bond motifs is 16. The van der Waals surface area contributed by atoms with Crippen LogP contribution < -0.4 is 4.90 Å². The van der Waals surface area contributed by atoms with Gasteiger partial charge in [-0.1, -0.05) is 128 Å². The third kappa shape index (κ3) is 3.62. The maximum absolute atomic E-state index is 3.60. The third-order valence-electron chi connectivity index (χ3n) is 13.3. The Kier molecular flexibility index (Phi) is 5.65. The van der Waals surface area contributed by atoms with Gasteiger partial charge in [-0.2, -0.15) is 0 Å². The zero-order chi connectivity index (χ0) is 33.3. The zero-order valence-corrected chi connectivity index (χ0v) is 28.5. The number of benzene rings is 6. The van der Waals surface area contributed by atoms with Crippen LogP contribution in [0.15, 0.2) is 152 Å². The number of nitrogens with one attached hydrogen (secondary N) is 1. The second-order valence-electron chi connectivity index (χ2n) is 15.5. The molecule has 0 amide bonds. The van der Waals surface area contributed by atoms with Crippen LogP contribution >= 0.6 is 0 Å². The topological polar surface area (TPSA) is 19.0 Å². The van der Waals surface area contributed by atoms with Crippen molar-refractivity contribution in [3.8, 4) is 11.1 Å². The highest BCUT2D eigenvalue weighted by Crippen LogP contribution is 2.67. The molecule has 1 saturated carbocycles. The van der Waals surface area contributed by atoms with Gasteiger partial charge in [0.25, 0.3) is 0 Å². The van der Waals surface area contributed by atoms with E-state index in [1.165, 1.54) is 97.8 Å². The van der Waals surface area contributed by atoms with E-state index in [1.54, 1.807) is 11.1 Å². The summed E-state index contributed by atoms with van der Waals surface area (Å²) in [7, 11) is 0. The van der Waals surface area contributed by atoms with Gasteiger partial charge in [-0.05, 0) is 111 Å². The molecule has 6 aromatic carbocycles. The fourth-order valence-electron chi connectivity index (χ4n) is 11.4. The third-order valence-corrected chi connectivity index (χ3v) is 13.3. The molecule has 0 radical (unpaired) electrons. The quantitative estimate of drug-likeness (QED) is 0.197. The van der Waals surface area contributed by atoms with E-state index >= 15 is 0 Å². The second kappa shape index (κ2) is 10.2. The molecule has 5 aliphatic rings. The minimum Gasteiger partial charge on any atom is -0.355 e. The average Bonchev–Trinajstić information content (AvgIpc) is 3.91. The number of hydrogen-bond acceptors (Lipinski definition) is 1. The standard InChI is InChI=1S/C49H38N2/c1-6-16-41-33(11-1)34-12-2-7-17-42(34)49(41)43-18-8-3-13-35(43)36-24-23-32(29-44(36)49)51-47-20-10-5-15-38(47)40-28-31(22-26-48(40)51)30-21-25-46-39(27-30)37-14-4-9-19-45(37)50-46/h1-2,4-7,9-12,14-17,19-29,35,40,43,48,50H,3,8,13,18H2. The highest BCUT2D eigenvalue weighted by atomic mass is 15.2. The molecule has 2 heterocycles. The molecule has 4 aliphatic carbocycles. The molecule has 1 aliphatic heterocycles. The Morgan fingerprint density at radius 3 is 2.24 bits per heavy atom. The Morgan fingerprint density at radius 2 is 1.35 bits per heavy atom. The van der Waals surface area contributed by atoms with Crippen LogP contribution in [0.3, 0.4) is 0 Å². The van der Waals surface area contributed by atoms with E-state index in [0.29, 0.717) is 11.8 Å². The number of aromatic nitrogens is 1. The SMILES string of the molecule is C1=CC2C(C=C1c1ccc3[nH]c4ccccc4c3c1)c1ccccc1N2c1ccc2c(c1)C1(c3ccccc3-c3ccccc31)C1CCCCC21. The van der Waals surface area contributed by atoms with Gasteiger partial charge >= 0.3 is 0 Å². The number of hydrogen-bond donors (Lipinski definition) is 1. The van der Waals surface area contributed by atoms with E-state index in [9.17, 15) is 0 Å². The summed E-state index contributed by atoms with van der Waals surface area (Å²) in [6.07, 6.45) is 12.6. The Morgan fingerprint density at radius 1 is 0.608 bits per heavy atom. The molecule has 2 nitrogen and oxygen atoms in total. The summed E-state index contributed by atoms with van der Waals surface area (Å²) in [5.41, 5.74) is 18.0. The molecule has 7 aromatic rings. The number of rotatable bonds is 2. The van der Waals surface area contributed by atoms with E-state index < -0.39 is 0 Å². The molecule has 244 valence electrons. The molecule has 2 heteroatoms. The van der Waals surface area contributed by atoms with Crippen LogP contribution in [0.2, 0.25) is 0 Å². The Hall–Kier alpha value is -5.60. The van der Waals surface area contributed by atoms with Crippen molar-refractivity contribution in [2.45, 2.75) is 49.0 Å². The van der Waals surface area contributed by atoms with Gasteiger partial charge < -0.3 is 9.88 Å². The van der Waals surface area contributed by atoms with Gasteiger partial charge in [-0.15, -0.1) is 0 Å². The predicted molar refractivity (Wildman–Crippen MR) is 211 cm³/mol. The Labute approximate surface area is 298 Å². The lowest BCUT2D eigenvalue weighted by molar-refractivity contribution is 0.265. The molecule has 1 aromatic heterocycles. The molecule has 0 bridgehead atoms. The molecule has 4 unspecified atom stereocenters. The lowest BCUT2D eigenvalue weighted by Gasteiger charge is -2.40. The van der Waals surface area contributed by atoms with Crippen molar-refractivity contribution >= 4 is 38.8 Å². The highest BCUT2D eigenvalue weighted by molar-refractivity contribution is 6.08.